The van der Waals surface area contributed by atoms with E-state index < -0.39 is 0 Å². The lowest BCUT2D eigenvalue weighted by Crippen LogP contribution is -2.32. The second-order valence-electron chi connectivity index (χ2n) is 4.95. The summed E-state index contributed by atoms with van der Waals surface area (Å²) in [5, 5.41) is 3.20. The summed E-state index contributed by atoms with van der Waals surface area (Å²) in [6.45, 7) is 6.00. The first-order valence-electron chi connectivity index (χ1n) is 6.75. The fourth-order valence-electron chi connectivity index (χ4n) is 2.03. The summed E-state index contributed by atoms with van der Waals surface area (Å²) < 4.78 is 10.8. The van der Waals surface area contributed by atoms with Crippen molar-refractivity contribution in [3.05, 3.63) is 24.3 Å². The van der Waals surface area contributed by atoms with E-state index in [4.69, 9.17) is 9.47 Å². The van der Waals surface area contributed by atoms with Crippen molar-refractivity contribution in [3.8, 4) is 11.5 Å². The van der Waals surface area contributed by atoms with Gasteiger partial charge in [-0.25, -0.2) is 0 Å². The summed E-state index contributed by atoms with van der Waals surface area (Å²) in [5.41, 5.74) is 0. The van der Waals surface area contributed by atoms with Crippen LogP contribution in [0, 0.1) is 5.92 Å². The smallest absolute Gasteiger partial charge is 0.119 e. The van der Waals surface area contributed by atoms with Crippen molar-refractivity contribution in [1.82, 2.24) is 10.2 Å². The minimum Gasteiger partial charge on any atom is -0.497 e. The molecule has 1 rings (SSSR count). The Hall–Kier alpha value is -1.26. The fourth-order valence-corrected chi connectivity index (χ4v) is 2.03. The average Bonchev–Trinajstić information content (AvgIpc) is 2.39. The van der Waals surface area contributed by atoms with E-state index >= 15 is 0 Å². The SMILES string of the molecule is CNCC(C)CN(C)CCOc1ccc(OC)cc1. The van der Waals surface area contributed by atoms with E-state index in [1.807, 2.05) is 31.3 Å². The van der Waals surface area contributed by atoms with Crippen LogP contribution >= 0.6 is 0 Å². The Labute approximate surface area is 116 Å². The average molecular weight is 266 g/mol. The molecule has 1 aromatic rings. The fraction of sp³-hybridized carbons (Fsp3) is 0.600. The van der Waals surface area contributed by atoms with Crippen LogP contribution in [0.3, 0.4) is 0 Å². The van der Waals surface area contributed by atoms with Crippen LogP contribution in [0.4, 0.5) is 0 Å². The van der Waals surface area contributed by atoms with Gasteiger partial charge in [-0.3, -0.25) is 0 Å². The van der Waals surface area contributed by atoms with Gasteiger partial charge < -0.3 is 19.7 Å². The molecule has 0 aliphatic heterocycles. The van der Waals surface area contributed by atoms with Gasteiger partial charge in [0, 0.05) is 13.1 Å². The number of methoxy groups -OCH3 is 1. The van der Waals surface area contributed by atoms with Gasteiger partial charge in [-0.15, -0.1) is 0 Å². The molecule has 19 heavy (non-hydrogen) atoms. The lowest BCUT2D eigenvalue weighted by atomic mass is 10.2. The Morgan fingerprint density at radius 3 is 2.42 bits per heavy atom. The molecule has 0 bridgehead atoms. The molecular weight excluding hydrogens is 240 g/mol. The van der Waals surface area contributed by atoms with E-state index in [1.165, 1.54) is 0 Å². The molecule has 1 unspecified atom stereocenters. The second kappa shape index (κ2) is 8.77. The highest BCUT2D eigenvalue weighted by Crippen LogP contribution is 2.16. The number of hydrogen-bond acceptors (Lipinski definition) is 4. The Kier molecular flexibility index (Phi) is 7.30. The maximum Gasteiger partial charge on any atom is 0.119 e. The summed E-state index contributed by atoms with van der Waals surface area (Å²) >= 11 is 0. The zero-order chi connectivity index (χ0) is 14.1. The first kappa shape index (κ1) is 15.8. The number of hydrogen-bond donors (Lipinski definition) is 1. The number of benzene rings is 1. The summed E-state index contributed by atoms with van der Waals surface area (Å²) in [4.78, 5) is 2.30. The predicted octanol–water partition coefficient (Wildman–Crippen LogP) is 1.86. The van der Waals surface area contributed by atoms with Crippen LogP contribution < -0.4 is 14.8 Å². The minimum atomic E-state index is 0.649. The van der Waals surface area contributed by atoms with Gasteiger partial charge in [-0.05, 0) is 50.8 Å². The molecular formula is C15H26N2O2. The monoisotopic (exact) mass is 266 g/mol. The molecule has 1 aromatic carbocycles. The van der Waals surface area contributed by atoms with Gasteiger partial charge >= 0.3 is 0 Å². The van der Waals surface area contributed by atoms with Gasteiger partial charge in [0.25, 0.3) is 0 Å². The Morgan fingerprint density at radius 2 is 1.84 bits per heavy atom. The van der Waals surface area contributed by atoms with Crippen molar-refractivity contribution >= 4 is 0 Å². The van der Waals surface area contributed by atoms with E-state index in [0.29, 0.717) is 12.5 Å². The summed E-state index contributed by atoms with van der Waals surface area (Å²) in [5.74, 6) is 2.39. The Bertz CT molecular complexity index is 341. The number of rotatable bonds is 9. The number of likely N-dealkylation sites (N-methyl/N-ethyl adjacent to an activating group) is 1. The van der Waals surface area contributed by atoms with E-state index in [1.54, 1.807) is 7.11 Å². The summed E-state index contributed by atoms with van der Waals surface area (Å²) in [6, 6.07) is 7.69. The lowest BCUT2D eigenvalue weighted by Gasteiger charge is -2.21. The molecule has 0 heterocycles. The van der Waals surface area contributed by atoms with Crippen molar-refractivity contribution < 1.29 is 9.47 Å². The van der Waals surface area contributed by atoms with E-state index in [2.05, 4.69) is 24.2 Å². The van der Waals surface area contributed by atoms with Crippen molar-refractivity contribution in [3.63, 3.8) is 0 Å². The topological polar surface area (TPSA) is 33.7 Å². The van der Waals surface area contributed by atoms with Crippen LogP contribution in [0.5, 0.6) is 11.5 Å². The van der Waals surface area contributed by atoms with Gasteiger partial charge in [0.05, 0.1) is 7.11 Å². The van der Waals surface area contributed by atoms with Crippen molar-refractivity contribution in [2.45, 2.75) is 6.92 Å². The third-order valence-corrected chi connectivity index (χ3v) is 2.98. The molecule has 0 amide bonds. The molecule has 0 saturated heterocycles. The first-order chi connectivity index (χ1) is 9.15. The highest BCUT2D eigenvalue weighted by Gasteiger charge is 2.05. The third kappa shape index (κ3) is 6.45. The predicted molar refractivity (Wildman–Crippen MR) is 79.1 cm³/mol. The molecule has 0 aliphatic rings. The van der Waals surface area contributed by atoms with Crippen LogP contribution in [0.15, 0.2) is 24.3 Å². The van der Waals surface area contributed by atoms with Gasteiger partial charge in [0.1, 0.15) is 18.1 Å². The maximum absolute atomic E-state index is 5.70. The molecule has 0 fully saturated rings. The van der Waals surface area contributed by atoms with E-state index in [9.17, 15) is 0 Å². The van der Waals surface area contributed by atoms with Crippen molar-refractivity contribution in [1.29, 1.82) is 0 Å². The van der Waals surface area contributed by atoms with Crippen molar-refractivity contribution in [2.75, 3.05) is 47.4 Å². The summed E-state index contributed by atoms with van der Waals surface area (Å²) in [7, 11) is 5.78. The van der Waals surface area contributed by atoms with E-state index in [0.717, 1.165) is 31.1 Å². The summed E-state index contributed by atoms with van der Waals surface area (Å²) in [6.07, 6.45) is 0. The quantitative estimate of drug-likeness (QED) is 0.740. The zero-order valence-corrected chi connectivity index (χ0v) is 12.5. The molecule has 0 spiro atoms. The third-order valence-electron chi connectivity index (χ3n) is 2.98. The highest BCUT2D eigenvalue weighted by atomic mass is 16.5. The van der Waals surface area contributed by atoms with Crippen LogP contribution in [0.1, 0.15) is 6.92 Å². The minimum absolute atomic E-state index is 0.649. The molecule has 0 aliphatic carbocycles. The standard InChI is InChI=1S/C15H26N2O2/c1-13(11-16-2)12-17(3)9-10-19-15-7-5-14(18-4)6-8-15/h5-8,13,16H,9-12H2,1-4H3. The van der Waals surface area contributed by atoms with Gasteiger partial charge in [0.2, 0.25) is 0 Å². The molecule has 0 saturated carbocycles. The second-order valence-corrected chi connectivity index (χ2v) is 4.95. The van der Waals surface area contributed by atoms with Gasteiger partial charge in [-0.2, -0.15) is 0 Å². The molecule has 108 valence electrons. The zero-order valence-electron chi connectivity index (χ0n) is 12.5. The van der Waals surface area contributed by atoms with Crippen molar-refractivity contribution in [2.24, 2.45) is 5.92 Å². The van der Waals surface area contributed by atoms with Crippen LogP contribution in [-0.4, -0.2) is 52.3 Å². The molecule has 1 atom stereocenters. The van der Waals surface area contributed by atoms with Crippen LogP contribution in [-0.2, 0) is 0 Å². The molecule has 4 heteroatoms. The molecule has 4 nitrogen and oxygen atoms in total. The first-order valence-corrected chi connectivity index (χ1v) is 6.75. The maximum atomic E-state index is 5.70. The van der Waals surface area contributed by atoms with Crippen LogP contribution in [0.25, 0.3) is 0 Å². The largest absolute Gasteiger partial charge is 0.497 e. The molecule has 1 N–H and O–H groups in total. The number of ether oxygens (including phenoxy) is 2. The Morgan fingerprint density at radius 1 is 1.21 bits per heavy atom. The highest BCUT2D eigenvalue weighted by molar-refractivity contribution is 5.31. The van der Waals surface area contributed by atoms with Crippen LogP contribution in [0.2, 0.25) is 0 Å². The van der Waals surface area contributed by atoms with Gasteiger partial charge in [-0.1, -0.05) is 6.92 Å². The molecule has 0 aromatic heterocycles. The Balaban J connectivity index is 2.21. The number of nitrogens with one attached hydrogen (secondary N) is 1. The normalized spacial score (nSPS) is 12.5. The van der Waals surface area contributed by atoms with Gasteiger partial charge in [0.15, 0.2) is 0 Å². The molecule has 0 radical (unpaired) electrons. The van der Waals surface area contributed by atoms with E-state index in [-0.39, 0.29) is 0 Å². The lowest BCUT2D eigenvalue weighted by molar-refractivity contribution is 0.218. The number of nitrogens with zero attached hydrogens (tertiary/aromatic N) is 1.